The molecule has 1 aliphatic rings. The number of methoxy groups -OCH3 is 1. The summed E-state index contributed by atoms with van der Waals surface area (Å²) in [6, 6.07) is 2.09. The van der Waals surface area contributed by atoms with E-state index >= 15 is 0 Å². The van der Waals surface area contributed by atoms with Gasteiger partial charge in [0.1, 0.15) is 5.75 Å². The van der Waals surface area contributed by atoms with Crippen molar-refractivity contribution in [1.29, 1.82) is 0 Å². The standard InChI is InChI=1S/C12H17NO.C2H6/c1-3-9-8-12(14-2)10-6-4-5-7-11(10)13-9;1-2/h8H,3-7H2,1-2H3;1-2H3. The fourth-order valence-corrected chi connectivity index (χ4v) is 2.09. The number of hydrogen-bond acceptors (Lipinski definition) is 2. The Bertz CT molecular complexity index is 317. The quantitative estimate of drug-likeness (QED) is 0.762. The summed E-state index contributed by atoms with van der Waals surface area (Å²) < 4.78 is 5.42. The summed E-state index contributed by atoms with van der Waals surface area (Å²) in [4.78, 5) is 4.66. The van der Waals surface area contributed by atoms with Gasteiger partial charge >= 0.3 is 0 Å². The molecule has 0 amide bonds. The molecule has 0 atom stereocenters. The average molecular weight is 221 g/mol. The van der Waals surface area contributed by atoms with Gasteiger partial charge in [-0.1, -0.05) is 20.8 Å². The topological polar surface area (TPSA) is 22.1 Å². The van der Waals surface area contributed by atoms with Gasteiger partial charge in [0.15, 0.2) is 0 Å². The molecule has 1 heterocycles. The Labute approximate surface area is 99.0 Å². The maximum atomic E-state index is 5.42. The fraction of sp³-hybridized carbons (Fsp3) is 0.643. The number of hydrogen-bond donors (Lipinski definition) is 0. The molecule has 1 aliphatic carbocycles. The Morgan fingerprint density at radius 3 is 2.56 bits per heavy atom. The third kappa shape index (κ3) is 2.75. The highest BCUT2D eigenvalue weighted by Crippen LogP contribution is 2.29. The van der Waals surface area contributed by atoms with E-state index in [9.17, 15) is 0 Å². The maximum Gasteiger partial charge on any atom is 0.125 e. The number of rotatable bonds is 2. The number of aromatic nitrogens is 1. The lowest BCUT2D eigenvalue weighted by Crippen LogP contribution is -2.09. The molecule has 1 aromatic heterocycles. The summed E-state index contributed by atoms with van der Waals surface area (Å²) >= 11 is 0. The number of nitrogens with zero attached hydrogens (tertiary/aromatic N) is 1. The molecule has 2 nitrogen and oxygen atoms in total. The van der Waals surface area contributed by atoms with Crippen LogP contribution in [0.3, 0.4) is 0 Å². The molecular weight excluding hydrogens is 198 g/mol. The average Bonchev–Trinajstić information content (AvgIpc) is 2.39. The summed E-state index contributed by atoms with van der Waals surface area (Å²) in [5, 5.41) is 0. The van der Waals surface area contributed by atoms with Crippen LogP contribution in [0.2, 0.25) is 0 Å². The van der Waals surface area contributed by atoms with E-state index < -0.39 is 0 Å². The molecule has 0 radical (unpaired) electrons. The van der Waals surface area contributed by atoms with E-state index in [4.69, 9.17) is 4.74 Å². The zero-order valence-corrected chi connectivity index (χ0v) is 11.0. The molecule has 16 heavy (non-hydrogen) atoms. The Balaban J connectivity index is 0.000000606. The molecule has 90 valence electrons. The zero-order valence-electron chi connectivity index (χ0n) is 11.0. The van der Waals surface area contributed by atoms with Crippen LogP contribution in [0.15, 0.2) is 6.07 Å². The van der Waals surface area contributed by atoms with Crippen molar-refractivity contribution >= 4 is 0 Å². The van der Waals surface area contributed by atoms with Gasteiger partial charge in [-0.2, -0.15) is 0 Å². The first kappa shape index (κ1) is 13.0. The minimum absolute atomic E-state index is 0.990. The molecule has 0 spiro atoms. The van der Waals surface area contributed by atoms with Crippen LogP contribution in [0, 0.1) is 0 Å². The van der Waals surface area contributed by atoms with E-state index in [0.29, 0.717) is 0 Å². The minimum Gasteiger partial charge on any atom is -0.496 e. The van der Waals surface area contributed by atoms with Crippen molar-refractivity contribution in [2.75, 3.05) is 7.11 Å². The molecule has 0 bridgehead atoms. The normalized spacial score (nSPS) is 13.5. The molecule has 0 aliphatic heterocycles. The second kappa shape index (κ2) is 6.51. The van der Waals surface area contributed by atoms with Crippen LogP contribution in [0.1, 0.15) is 50.6 Å². The second-order valence-corrected chi connectivity index (χ2v) is 3.80. The van der Waals surface area contributed by atoms with Gasteiger partial charge in [-0.05, 0) is 32.1 Å². The lowest BCUT2D eigenvalue weighted by atomic mass is 9.94. The molecule has 0 fully saturated rings. The van der Waals surface area contributed by atoms with Crippen LogP contribution in [-0.2, 0) is 19.3 Å². The Morgan fingerprint density at radius 2 is 1.94 bits per heavy atom. The molecule has 1 aromatic rings. The monoisotopic (exact) mass is 221 g/mol. The van der Waals surface area contributed by atoms with Crippen molar-refractivity contribution in [3.63, 3.8) is 0 Å². The summed E-state index contributed by atoms with van der Waals surface area (Å²) in [6.07, 6.45) is 5.80. The maximum absolute atomic E-state index is 5.42. The first-order valence-electron chi connectivity index (χ1n) is 6.40. The molecule has 0 unspecified atom stereocenters. The number of fused-ring (bicyclic) bond motifs is 1. The first-order chi connectivity index (χ1) is 7.85. The smallest absolute Gasteiger partial charge is 0.125 e. The highest BCUT2D eigenvalue weighted by molar-refractivity contribution is 5.39. The van der Waals surface area contributed by atoms with Crippen molar-refractivity contribution in [2.24, 2.45) is 0 Å². The van der Waals surface area contributed by atoms with Crippen LogP contribution in [0.5, 0.6) is 5.75 Å². The van der Waals surface area contributed by atoms with Gasteiger partial charge < -0.3 is 4.74 Å². The lowest BCUT2D eigenvalue weighted by molar-refractivity contribution is 0.404. The van der Waals surface area contributed by atoms with Gasteiger partial charge in [-0.3, -0.25) is 4.98 Å². The third-order valence-electron chi connectivity index (χ3n) is 2.89. The Hall–Kier alpha value is -1.05. The second-order valence-electron chi connectivity index (χ2n) is 3.80. The summed E-state index contributed by atoms with van der Waals surface area (Å²) in [6.45, 7) is 6.14. The largest absolute Gasteiger partial charge is 0.496 e. The van der Waals surface area contributed by atoms with Gasteiger partial charge in [-0.25, -0.2) is 0 Å². The number of pyridine rings is 1. The third-order valence-corrected chi connectivity index (χ3v) is 2.89. The summed E-state index contributed by atoms with van der Waals surface area (Å²) in [7, 11) is 1.75. The summed E-state index contributed by atoms with van der Waals surface area (Å²) in [5.74, 6) is 1.05. The number of aryl methyl sites for hydroxylation is 2. The van der Waals surface area contributed by atoms with Crippen LogP contribution in [-0.4, -0.2) is 12.1 Å². The number of ether oxygens (including phenoxy) is 1. The zero-order chi connectivity index (χ0) is 12.0. The molecule has 2 heteroatoms. The lowest BCUT2D eigenvalue weighted by Gasteiger charge is -2.18. The van der Waals surface area contributed by atoms with E-state index in [1.165, 1.54) is 24.1 Å². The van der Waals surface area contributed by atoms with Crippen molar-refractivity contribution in [1.82, 2.24) is 4.98 Å². The van der Waals surface area contributed by atoms with E-state index in [0.717, 1.165) is 30.7 Å². The minimum atomic E-state index is 0.990. The van der Waals surface area contributed by atoms with Crippen LogP contribution in [0.4, 0.5) is 0 Å². The predicted octanol–water partition coefficient (Wildman–Crippen LogP) is 3.56. The SMILES string of the molecule is CC.CCc1cc(OC)c2c(n1)CCCC2. The van der Waals surface area contributed by atoms with Gasteiger partial charge in [-0.15, -0.1) is 0 Å². The van der Waals surface area contributed by atoms with E-state index in [2.05, 4.69) is 18.0 Å². The van der Waals surface area contributed by atoms with E-state index in [1.807, 2.05) is 13.8 Å². The molecular formula is C14H23NO. The highest BCUT2D eigenvalue weighted by Gasteiger charge is 2.16. The highest BCUT2D eigenvalue weighted by atomic mass is 16.5. The molecule has 0 N–H and O–H groups in total. The van der Waals surface area contributed by atoms with Crippen molar-refractivity contribution < 1.29 is 4.74 Å². The van der Waals surface area contributed by atoms with Crippen molar-refractivity contribution in [3.8, 4) is 5.75 Å². The molecule has 0 saturated carbocycles. The predicted molar refractivity (Wildman–Crippen MR) is 68.2 cm³/mol. The van der Waals surface area contributed by atoms with Crippen LogP contribution in [0.25, 0.3) is 0 Å². The van der Waals surface area contributed by atoms with Gasteiger partial charge in [0.25, 0.3) is 0 Å². The molecule has 0 saturated heterocycles. The van der Waals surface area contributed by atoms with E-state index in [1.54, 1.807) is 7.11 Å². The Morgan fingerprint density at radius 1 is 1.25 bits per heavy atom. The molecule has 0 aromatic carbocycles. The van der Waals surface area contributed by atoms with Crippen LogP contribution >= 0.6 is 0 Å². The molecule has 2 rings (SSSR count). The van der Waals surface area contributed by atoms with Gasteiger partial charge in [0, 0.05) is 23.0 Å². The van der Waals surface area contributed by atoms with Crippen LogP contribution < -0.4 is 4.74 Å². The van der Waals surface area contributed by atoms with Gasteiger partial charge in [0.2, 0.25) is 0 Å². The Kier molecular flexibility index (Phi) is 5.30. The van der Waals surface area contributed by atoms with Gasteiger partial charge in [0.05, 0.1) is 7.11 Å². The fourth-order valence-electron chi connectivity index (χ4n) is 2.09. The van der Waals surface area contributed by atoms with Crippen molar-refractivity contribution in [3.05, 3.63) is 23.0 Å². The van der Waals surface area contributed by atoms with E-state index in [-0.39, 0.29) is 0 Å². The first-order valence-corrected chi connectivity index (χ1v) is 6.40. The van der Waals surface area contributed by atoms with Crippen molar-refractivity contribution in [2.45, 2.75) is 52.9 Å². The summed E-state index contributed by atoms with van der Waals surface area (Å²) in [5.41, 5.74) is 3.77.